The molecule has 0 bridgehead atoms. The van der Waals surface area contributed by atoms with E-state index in [0.717, 1.165) is 36.4 Å². The van der Waals surface area contributed by atoms with E-state index in [2.05, 4.69) is 4.74 Å². The number of carbonyl (C=O) groups is 3. The first kappa shape index (κ1) is 20.9. The number of hydrogen-bond donors (Lipinski definition) is 0. The van der Waals surface area contributed by atoms with Gasteiger partial charge in [-0.05, 0) is 42.7 Å². The largest absolute Gasteiger partial charge is 0.465 e. The van der Waals surface area contributed by atoms with Gasteiger partial charge in [0.2, 0.25) is 5.91 Å². The first-order chi connectivity index (χ1) is 14.1. The lowest BCUT2D eigenvalue weighted by Gasteiger charge is -2.15. The van der Waals surface area contributed by atoms with Crippen molar-refractivity contribution < 1.29 is 23.9 Å². The number of carbonyl (C=O) groups excluding carboxylic acids is 3. The summed E-state index contributed by atoms with van der Waals surface area (Å²) in [6.07, 6.45) is 2.11. The maximum Gasteiger partial charge on any atom is 0.339 e. The van der Waals surface area contributed by atoms with E-state index < -0.39 is 11.9 Å². The molecule has 0 atom stereocenters. The lowest BCUT2D eigenvalue weighted by molar-refractivity contribution is -0.127. The molecule has 0 unspecified atom stereocenters. The molecule has 1 saturated heterocycles. The van der Waals surface area contributed by atoms with Gasteiger partial charge in [-0.3, -0.25) is 4.79 Å². The van der Waals surface area contributed by atoms with Crippen molar-refractivity contribution in [3.8, 4) is 0 Å². The predicted molar refractivity (Wildman–Crippen MR) is 110 cm³/mol. The van der Waals surface area contributed by atoms with Crippen LogP contribution in [-0.4, -0.2) is 48.7 Å². The van der Waals surface area contributed by atoms with E-state index in [1.807, 2.05) is 17.0 Å². The molecule has 1 amide bonds. The minimum absolute atomic E-state index is 0.0893. The zero-order chi connectivity index (χ0) is 20.6. The quantitative estimate of drug-likeness (QED) is 0.511. The van der Waals surface area contributed by atoms with Gasteiger partial charge in [-0.15, -0.1) is 11.8 Å². The topological polar surface area (TPSA) is 72.9 Å². The summed E-state index contributed by atoms with van der Waals surface area (Å²) in [5.41, 5.74) is 1.64. The van der Waals surface area contributed by atoms with Crippen LogP contribution in [0.2, 0.25) is 0 Å². The molecular weight excluding hydrogens is 390 g/mol. The molecule has 2 aromatic carbocycles. The maximum atomic E-state index is 12.6. The first-order valence-corrected chi connectivity index (χ1v) is 10.4. The fourth-order valence-electron chi connectivity index (χ4n) is 3.04. The maximum absolute atomic E-state index is 12.6. The molecule has 2 aromatic rings. The number of esters is 2. The third kappa shape index (κ3) is 5.60. The normalized spacial score (nSPS) is 13.2. The molecular formula is C22H23NO5S. The summed E-state index contributed by atoms with van der Waals surface area (Å²) in [5, 5.41) is 0. The number of amides is 1. The molecule has 0 spiro atoms. The Morgan fingerprint density at radius 1 is 0.966 bits per heavy atom. The molecule has 3 rings (SSSR count). The van der Waals surface area contributed by atoms with Crippen LogP contribution < -0.4 is 0 Å². The molecule has 0 N–H and O–H groups in total. The standard InChI is InChI=1S/C22H23NO5S/c1-27-21(25)17-10-8-16(9-11-17)14-28-22(26)18-6-2-3-7-19(18)29-15-20(24)23-12-4-5-13-23/h2-3,6-11H,4-5,12-15H2,1H3. The molecule has 7 heteroatoms. The highest BCUT2D eigenvalue weighted by atomic mass is 32.2. The summed E-state index contributed by atoms with van der Waals surface area (Å²) in [4.78, 5) is 38.9. The fraction of sp³-hybridized carbons (Fsp3) is 0.318. The summed E-state index contributed by atoms with van der Waals surface area (Å²) in [6, 6.07) is 13.8. The van der Waals surface area contributed by atoms with E-state index in [1.165, 1.54) is 18.9 Å². The Hall–Kier alpha value is -2.80. The van der Waals surface area contributed by atoms with Crippen molar-refractivity contribution in [2.75, 3.05) is 26.0 Å². The summed E-state index contributed by atoms with van der Waals surface area (Å²) < 4.78 is 10.1. The SMILES string of the molecule is COC(=O)c1ccc(COC(=O)c2ccccc2SCC(=O)N2CCCC2)cc1. The molecule has 29 heavy (non-hydrogen) atoms. The van der Waals surface area contributed by atoms with Gasteiger partial charge in [-0.25, -0.2) is 9.59 Å². The van der Waals surface area contributed by atoms with Crippen molar-refractivity contribution in [1.82, 2.24) is 4.90 Å². The second kappa shape index (κ2) is 10.1. The Labute approximate surface area is 174 Å². The summed E-state index contributed by atoms with van der Waals surface area (Å²) in [7, 11) is 1.33. The molecule has 1 heterocycles. The van der Waals surface area contributed by atoms with Crippen LogP contribution in [0.5, 0.6) is 0 Å². The fourth-order valence-corrected chi connectivity index (χ4v) is 3.98. The number of likely N-dealkylation sites (tertiary alicyclic amines) is 1. The van der Waals surface area contributed by atoms with Gasteiger partial charge in [-0.2, -0.15) is 0 Å². The van der Waals surface area contributed by atoms with Gasteiger partial charge in [-0.1, -0.05) is 24.3 Å². The van der Waals surface area contributed by atoms with E-state index in [9.17, 15) is 14.4 Å². The average molecular weight is 413 g/mol. The molecule has 0 saturated carbocycles. The van der Waals surface area contributed by atoms with Crippen molar-refractivity contribution in [2.24, 2.45) is 0 Å². The first-order valence-electron chi connectivity index (χ1n) is 9.42. The zero-order valence-corrected chi connectivity index (χ0v) is 17.1. The number of ether oxygens (including phenoxy) is 2. The number of rotatable bonds is 7. The monoisotopic (exact) mass is 413 g/mol. The Morgan fingerprint density at radius 2 is 1.66 bits per heavy atom. The molecule has 0 aromatic heterocycles. The van der Waals surface area contributed by atoms with E-state index in [-0.39, 0.29) is 12.5 Å². The molecule has 0 radical (unpaired) electrons. The van der Waals surface area contributed by atoms with Crippen molar-refractivity contribution in [1.29, 1.82) is 0 Å². The van der Waals surface area contributed by atoms with Crippen LogP contribution >= 0.6 is 11.8 Å². The highest BCUT2D eigenvalue weighted by Crippen LogP contribution is 2.24. The van der Waals surface area contributed by atoms with E-state index in [4.69, 9.17) is 4.74 Å². The number of benzene rings is 2. The second-order valence-corrected chi connectivity index (χ2v) is 7.65. The molecule has 1 aliphatic rings. The van der Waals surface area contributed by atoms with Gasteiger partial charge in [0.1, 0.15) is 6.61 Å². The summed E-state index contributed by atoms with van der Waals surface area (Å²) >= 11 is 1.36. The van der Waals surface area contributed by atoms with Crippen LogP contribution in [0.1, 0.15) is 39.1 Å². The molecule has 0 aliphatic carbocycles. The third-order valence-electron chi connectivity index (χ3n) is 4.66. The molecule has 1 fully saturated rings. The van der Waals surface area contributed by atoms with Crippen molar-refractivity contribution in [2.45, 2.75) is 24.3 Å². The Kier molecular flexibility index (Phi) is 7.30. The Morgan fingerprint density at radius 3 is 2.34 bits per heavy atom. The van der Waals surface area contributed by atoms with Gasteiger partial charge in [0.25, 0.3) is 0 Å². The van der Waals surface area contributed by atoms with Crippen LogP contribution in [0.4, 0.5) is 0 Å². The van der Waals surface area contributed by atoms with Gasteiger partial charge >= 0.3 is 11.9 Å². The lowest BCUT2D eigenvalue weighted by Crippen LogP contribution is -2.29. The average Bonchev–Trinajstić information content (AvgIpc) is 3.31. The number of hydrogen-bond acceptors (Lipinski definition) is 6. The highest BCUT2D eigenvalue weighted by molar-refractivity contribution is 8.00. The Bertz CT molecular complexity index is 875. The number of thioether (sulfide) groups is 1. The van der Waals surface area contributed by atoms with Crippen LogP contribution in [0.25, 0.3) is 0 Å². The van der Waals surface area contributed by atoms with Crippen molar-refractivity contribution in [3.63, 3.8) is 0 Å². The van der Waals surface area contributed by atoms with Crippen molar-refractivity contribution in [3.05, 3.63) is 65.2 Å². The Balaban J connectivity index is 1.57. The van der Waals surface area contributed by atoms with Crippen molar-refractivity contribution >= 4 is 29.6 Å². The summed E-state index contributed by atoms with van der Waals surface area (Å²) in [5.74, 6) is -0.456. The van der Waals surface area contributed by atoms with Crippen LogP contribution in [0.3, 0.4) is 0 Å². The minimum Gasteiger partial charge on any atom is -0.465 e. The van der Waals surface area contributed by atoms with Crippen LogP contribution in [0, 0.1) is 0 Å². The second-order valence-electron chi connectivity index (χ2n) is 6.64. The van der Waals surface area contributed by atoms with E-state index >= 15 is 0 Å². The lowest BCUT2D eigenvalue weighted by atomic mass is 10.1. The van der Waals surface area contributed by atoms with Gasteiger partial charge in [0, 0.05) is 18.0 Å². The smallest absolute Gasteiger partial charge is 0.339 e. The highest BCUT2D eigenvalue weighted by Gasteiger charge is 2.19. The minimum atomic E-state index is -0.446. The number of nitrogens with zero attached hydrogens (tertiary/aromatic N) is 1. The van der Waals surface area contributed by atoms with E-state index in [0.29, 0.717) is 16.9 Å². The molecule has 6 nitrogen and oxygen atoms in total. The zero-order valence-electron chi connectivity index (χ0n) is 16.3. The van der Waals surface area contributed by atoms with Crippen LogP contribution in [0.15, 0.2) is 53.4 Å². The number of methoxy groups -OCH3 is 1. The van der Waals surface area contributed by atoms with E-state index in [1.54, 1.807) is 36.4 Å². The van der Waals surface area contributed by atoms with Gasteiger partial charge in [0.15, 0.2) is 0 Å². The van der Waals surface area contributed by atoms with Gasteiger partial charge < -0.3 is 14.4 Å². The third-order valence-corrected chi connectivity index (χ3v) is 5.72. The van der Waals surface area contributed by atoms with Crippen LogP contribution in [-0.2, 0) is 20.9 Å². The summed E-state index contributed by atoms with van der Waals surface area (Å²) in [6.45, 7) is 1.72. The molecule has 152 valence electrons. The predicted octanol–water partition coefficient (Wildman–Crippen LogP) is 3.54. The molecule has 1 aliphatic heterocycles. The van der Waals surface area contributed by atoms with Gasteiger partial charge in [0.05, 0.1) is 24.0 Å².